The molecule has 0 fully saturated rings. The number of nitrogens with two attached hydrogens (primary N) is 1. The molecule has 3 N–H and O–H groups in total. The number of hydrogen-bond acceptors (Lipinski definition) is 2. The van der Waals surface area contributed by atoms with Gasteiger partial charge in [0.05, 0.1) is 5.56 Å². The second-order valence-electron chi connectivity index (χ2n) is 4.66. The molecule has 4 heteroatoms. The number of hydrogen-bond donors (Lipinski definition) is 2. The molecule has 1 aromatic heterocycles. The predicted octanol–water partition coefficient (Wildman–Crippen LogP) is 2.79. The summed E-state index contributed by atoms with van der Waals surface area (Å²) in [4.78, 5) is 17.2. The average Bonchev–Trinajstić information content (AvgIpc) is 2.80. The molecule has 0 saturated carbocycles. The Bertz CT molecular complexity index is 600. The Kier molecular flexibility index (Phi) is 3.90. The topological polar surface area (TPSA) is 62.1 Å². The fourth-order valence-electron chi connectivity index (χ4n) is 2.10. The van der Waals surface area contributed by atoms with Gasteiger partial charge >= 0.3 is 0 Å². The molecule has 0 unspecified atom stereocenters. The van der Waals surface area contributed by atoms with E-state index >= 15 is 0 Å². The summed E-state index contributed by atoms with van der Waals surface area (Å²) in [6.45, 7) is 4.41. The van der Waals surface area contributed by atoms with Crippen LogP contribution in [0.15, 0.2) is 37.1 Å². The van der Waals surface area contributed by atoms with Crippen LogP contribution in [0.3, 0.4) is 0 Å². The second-order valence-corrected chi connectivity index (χ2v) is 4.66. The zero-order valence-corrected chi connectivity index (χ0v) is 11.1. The summed E-state index contributed by atoms with van der Waals surface area (Å²) in [7, 11) is 1.82. The number of benzene rings is 1. The maximum absolute atomic E-state index is 12.3. The highest BCUT2D eigenvalue weighted by Gasteiger charge is 2.15. The van der Waals surface area contributed by atoms with Crippen LogP contribution in [-0.4, -0.2) is 29.4 Å². The van der Waals surface area contributed by atoms with E-state index in [1.165, 1.54) is 0 Å². The molecule has 0 bridgehead atoms. The van der Waals surface area contributed by atoms with Crippen molar-refractivity contribution in [3.8, 4) is 0 Å². The SMILES string of the molecule is C=CCCCN(C)C(=O)c1c[nH]c2cc(N)ccc12. The number of aromatic amines is 1. The molecule has 0 aliphatic heterocycles. The lowest BCUT2D eigenvalue weighted by atomic mass is 10.1. The van der Waals surface area contributed by atoms with Crippen molar-refractivity contribution in [3.05, 3.63) is 42.6 Å². The number of nitrogens with zero attached hydrogens (tertiary/aromatic N) is 1. The number of allylic oxidation sites excluding steroid dienone is 1. The van der Waals surface area contributed by atoms with Gasteiger partial charge in [0.2, 0.25) is 0 Å². The van der Waals surface area contributed by atoms with Gasteiger partial charge in [0.1, 0.15) is 0 Å². The monoisotopic (exact) mass is 257 g/mol. The zero-order chi connectivity index (χ0) is 13.8. The van der Waals surface area contributed by atoms with Crippen molar-refractivity contribution in [2.75, 3.05) is 19.3 Å². The number of fused-ring (bicyclic) bond motifs is 1. The number of amides is 1. The first-order valence-corrected chi connectivity index (χ1v) is 6.36. The molecule has 100 valence electrons. The predicted molar refractivity (Wildman–Crippen MR) is 79.1 cm³/mol. The van der Waals surface area contributed by atoms with Gasteiger partial charge in [-0.05, 0) is 31.0 Å². The van der Waals surface area contributed by atoms with Crippen LogP contribution in [0, 0.1) is 0 Å². The normalized spacial score (nSPS) is 10.6. The zero-order valence-electron chi connectivity index (χ0n) is 11.1. The third kappa shape index (κ3) is 2.78. The van der Waals surface area contributed by atoms with Gasteiger partial charge in [0, 0.05) is 36.4 Å². The number of unbranched alkanes of at least 4 members (excludes halogenated alkanes) is 1. The van der Waals surface area contributed by atoms with Gasteiger partial charge in [-0.25, -0.2) is 0 Å². The summed E-state index contributed by atoms with van der Waals surface area (Å²) in [5.41, 5.74) is 8.00. The standard InChI is InChI=1S/C15H19N3O/c1-3-4-5-8-18(2)15(19)13-10-17-14-9-11(16)6-7-12(13)14/h3,6-7,9-10,17H,1,4-5,8,16H2,2H3. The van der Waals surface area contributed by atoms with Gasteiger partial charge in [-0.3, -0.25) is 4.79 Å². The van der Waals surface area contributed by atoms with Crippen LogP contribution >= 0.6 is 0 Å². The minimum absolute atomic E-state index is 0.0279. The third-order valence-corrected chi connectivity index (χ3v) is 3.18. The highest BCUT2D eigenvalue weighted by molar-refractivity contribution is 6.07. The summed E-state index contributed by atoms with van der Waals surface area (Å²) in [6, 6.07) is 5.53. The van der Waals surface area contributed by atoms with Crippen LogP contribution in [0.25, 0.3) is 10.9 Å². The lowest BCUT2D eigenvalue weighted by Crippen LogP contribution is -2.27. The van der Waals surface area contributed by atoms with E-state index in [9.17, 15) is 4.79 Å². The number of aromatic nitrogens is 1. The van der Waals surface area contributed by atoms with Crippen molar-refractivity contribution in [2.45, 2.75) is 12.8 Å². The van der Waals surface area contributed by atoms with Gasteiger partial charge < -0.3 is 15.6 Å². The van der Waals surface area contributed by atoms with Crippen molar-refractivity contribution >= 4 is 22.5 Å². The van der Waals surface area contributed by atoms with Crippen molar-refractivity contribution in [1.82, 2.24) is 9.88 Å². The van der Waals surface area contributed by atoms with E-state index in [4.69, 9.17) is 5.73 Å². The number of anilines is 1. The van der Waals surface area contributed by atoms with E-state index in [0.29, 0.717) is 11.3 Å². The summed E-state index contributed by atoms with van der Waals surface area (Å²) >= 11 is 0. The van der Waals surface area contributed by atoms with Crippen LogP contribution in [-0.2, 0) is 0 Å². The Morgan fingerprint density at radius 1 is 1.53 bits per heavy atom. The number of carbonyl (C=O) groups excluding carboxylic acids is 1. The number of nitrogen functional groups attached to an aromatic ring is 1. The first-order valence-electron chi connectivity index (χ1n) is 6.36. The molecular weight excluding hydrogens is 238 g/mol. The van der Waals surface area contributed by atoms with E-state index in [2.05, 4.69) is 11.6 Å². The highest BCUT2D eigenvalue weighted by atomic mass is 16.2. The van der Waals surface area contributed by atoms with E-state index in [1.54, 1.807) is 11.1 Å². The molecule has 4 nitrogen and oxygen atoms in total. The lowest BCUT2D eigenvalue weighted by Gasteiger charge is -2.16. The maximum Gasteiger partial charge on any atom is 0.255 e. The summed E-state index contributed by atoms with van der Waals surface area (Å²) in [5, 5.41) is 0.912. The van der Waals surface area contributed by atoms with Crippen LogP contribution in [0.5, 0.6) is 0 Å². The number of carbonyl (C=O) groups is 1. The minimum Gasteiger partial charge on any atom is -0.399 e. The van der Waals surface area contributed by atoms with Gasteiger partial charge in [0.15, 0.2) is 0 Å². The maximum atomic E-state index is 12.3. The van der Waals surface area contributed by atoms with Crippen LogP contribution in [0.2, 0.25) is 0 Å². The summed E-state index contributed by atoms with van der Waals surface area (Å²) in [6.07, 6.45) is 5.46. The smallest absolute Gasteiger partial charge is 0.255 e. The molecule has 2 rings (SSSR count). The molecule has 0 aliphatic carbocycles. The van der Waals surface area contributed by atoms with Gasteiger partial charge in [-0.15, -0.1) is 6.58 Å². The lowest BCUT2D eigenvalue weighted by molar-refractivity contribution is 0.0796. The fourth-order valence-corrected chi connectivity index (χ4v) is 2.10. The average molecular weight is 257 g/mol. The number of nitrogens with one attached hydrogen (secondary N) is 1. The van der Waals surface area contributed by atoms with Crippen molar-refractivity contribution in [3.63, 3.8) is 0 Å². The van der Waals surface area contributed by atoms with Crippen molar-refractivity contribution < 1.29 is 4.79 Å². The Morgan fingerprint density at radius 2 is 2.32 bits per heavy atom. The minimum atomic E-state index is 0.0279. The van der Waals surface area contributed by atoms with Crippen LogP contribution < -0.4 is 5.73 Å². The largest absolute Gasteiger partial charge is 0.399 e. The Morgan fingerprint density at radius 3 is 3.05 bits per heavy atom. The molecule has 2 aromatic rings. The quantitative estimate of drug-likeness (QED) is 0.491. The molecule has 1 amide bonds. The van der Waals surface area contributed by atoms with Gasteiger partial charge in [-0.1, -0.05) is 6.08 Å². The molecule has 1 aromatic carbocycles. The molecule has 0 spiro atoms. The first-order chi connectivity index (χ1) is 9.13. The van der Waals surface area contributed by atoms with E-state index in [0.717, 1.165) is 30.3 Å². The number of rotatable bonds is 5. The Labute approximate surface area is 112 Å². The molecular formula is C15H19N3O. The van der Waals surface area contributed by atoms with E-state index < -0.39 is 0 Å². The molecule has 1 heterocycles. The van der Waals surface area contributed by atoms with E-state index in [-0.39, 0.29) is 5.91 Å². The molecule has 0 radical (unpaired) electrons. The highest BCUT2D eigenvalue weighted by Crippen LogP contribution is 2.21. The van der Waals surface area contributed by atoms with Gasteiger partial charge in [0.25, 0.3) is 5.91 Å². The molecule has 0 aliphatic rings. The Hall–Kier alpha value is -2.23. The van der Waals surface area contributed by atoms with E-state index in [1.807, 2.05) is 31.3 Å². The number of H-pyrrole nitrogens is 1. The molecule has 0 atom stereocenters. The molecule has 0 saturated heterocycles. The third-order valence-electron chi connectivity index (χ3n) is 3.18. The van der Waals surface area contributed by atoms with Crippen molar-refractivity contribution in [1.29, 1.82) is 0 Å². The first kappa shape index (κ1) is 13.2. The van der Waals surface area contributed by atoms with Gasteiger partial charge in [-0.2, -0.15) is 0 Å². The second kappa shape index (κ2) is 5.61. The van der Waals surface area contributed by atoms with Crippen LogP contribution in [0.4, 0.5) is 5.69 Å². The summed E-state index contributed by atoms with van der Waals surface area (Å²) < 4.78 is 0. The fraction of sp³-hybridized carbons (Fsp3) is 0.267. The van der Waals surface area contributed by atoms with Crippen LogP contribution in [0.1, 0.15) is 23.2 Å². The summed E-state index contributed by atoms with van der Waals surface area (Å²) in [5.74, 6) is 0.0279. The Balaban J connectivity index is 2.19. The van der Waals surface area contributed by atoms with Crippen molar-refractivity contribution in [2.24, 2.45) is 0 Å². The molecule has 19 heavy (non-hydrogen) atoms.